The number of H-pyrrole nitrogens is 2. The number of aryl methyl sites for hydroxylation is 1. The second kappa shape index (κ2) is 5.83. The Morgan fingerprint density at radius 2 is 1.95 bits per heavy atom. The van der Waals surface area contributed by atoms with Crippen LogP contribution >= 0.6 is 0 Å². The summed E-state index contributed by atoms with van der Waals surface area (Å²) in [5.41, 5.74) is -1.16. The van der Waals surface area contributed by atoms with Crippen molar-refractivity contribution in [3.63, 3.8) is 0 Å². The molecule has 0 unspecified atom stereocenters. The number of nitrogens with one attached hydrogen (secondary N) is 3. The maximum Gasteiger partial charge on any atom is 0.325 e. The van der Waals surface area contributed by atoms with Crippen LogP contribution in [0.1, 0.15) is 31.5 Å². The second-order valence-corrected chi connectivity index (χ2v) is 5.10. The van der Waals surface area contributed by atoms with Gasteiger partial charge in [-0.05, 0) is 27.2 Å². The molecule has 0 bridgehead atoms. The van der Waals surface area contributed by atoms with Crippen LogP contribution in [-0.2, 0) is 11.2 Å². The number of carbonyl (C=O) groups excluding carboxylic acids is 1. The number of aromatic amines is 2. The van der Waals surface area contributed by atoms with E-state index < -0.39 is 16.9 Å². The molecule has 4 N–H and O–H groups in total. The molecule has 106 valence electrons. The lowest BCUT2D eigenvalue weighted by atomic mass is 10.1. The molecule has 0 spiro atoms. The van der Waals surface area contributed by atoms with Crippen molar-refractivity contribution in [2.75, 3.05) is 6.54 Å². The van der Waals surface area contributed by atoms with Crippen molar-refractivity contribution in [1.29, 1.82) is 0 Å². The van der Waals surface area contributed by atoms with Gasteiger partial charge in [0, 0.05) is 24.2 Å². The third-order valence-electron chi connectivity index (χ3n) is 2.58. The van der Waals surface area contributed by atoms with Crippen LogP contribution in [-0.4, -0.2) is 33.1 Å². The topological polar surface area (TPSA) is 115 Å². The predicted octanol–water partition coefficient (Wildman–Crippen LogP) is -0.809. The van der Waals surface area contributed by atoms with E-state index in [1.807, 2.05) is 0 Å². The van der Waals surface area contributed by atoms with Gasteiger partial charge in [0.25, 0.3) is 5.56 Å². The van der Waals surface area contributed by atoms with Crippen molar-refractivity contribution in [1.82, 2.24) is 15.3 Å². The standard InChI is InChI=1S/C12H19N3O4/c1-7-8(10(17)15-11(18)14-7)4-5-9(16)13-6-12(2,3)19/h19H,4-6H2,1-3H3,(H,13,16)(H2,14,15,17,18). The highest BCUT2D eigenvalue weighted by Gasteiger charge is 2.14. The van der Waals surface area contributed by atoms with Crippen LogP contribution in [0.2, 0.25) is 0 Å². The van der Waals surface area contributed by atoms with Crippen molar-refractivity contribution in [2.24, 2.45) is 0 Å². The minimum atomic E-state index is -0.971. The molecule has 1 aromatic rings. The zero-order valence-electron chi connectivity index (χ0n) is 11.3. The lowest BCUT2D eigenvalue weighted by Gasteiger charge is -2.17. The minimum absolute atomic E-state index is 0.117. The summed E-state index contributed by atoms with van der Waals surface area (Å²) in [6, 6.07) is 0. The highest BCUT2D eigenvalue weighted by atomic mass is 16.3. The van der Waals surface area contributed by atoms with E-state index in [-0.39, 0.29) is 25.3 Å². The maximum atomic E-state index is 11.5. The van der Waals surface area contributed by atoms with Gasteiger partial charge in [-0.2, -0.15) is 0 Å². The van der Waals surface area contributed by atoms with Crippen molar-refractivity contribution in [3.05, 3.63) is 32.1 Å². The van der Waals surface area contributed by atoms with Gasteiger partial charge in [-0.3, -0.25) is 14.6 Å². The first kappa shape index (κ1) is 15.2. The first-order valence-electron chi connectivity index (χ1n) is 6.00. The molecule has 0 fully saturated rings. The Labute approximate surface area is 110 Å². The van der Waals surface area contributed by atoms with Gasteiger partial charge >= 0.3 is 5.69 Å². The first-order chi connectivity index (χ1) is 8.69. The summed E-state index contributed by atoms with van der Waals surface area (Å²) in [5.74, 6) is -0.257. The molecule has 7 nitrogen and oxygen atoms in total. The number of hydrogen-bond donors (Lipinski definition) is 4. The summed E-state index contributed by atoms with van der Waals surface area (Å²) in [6.45, 7) is 4.93. The fourth-order valence-corrected chi connectivity index (χ4v) is 1.57. The Bertz CT molecular complexity index is 566. The third-order valence-corrected chi connectivity index (χ3v) is 2.58. The van der Waals surface area contributed by atoms with Crippen LogP contribution < -0.4 is 16.6 Å². The zero-order chi connectivity index (χ0) is 14.6. The van der Waals surface area contributed by atoms with Gasteiger partial charge in [0.15, 0.2) is 0 Å². The minimum Gasteiger partial charge on any atom is -0.389 e. The Balaban J connectivity index is 2.61. The Hall–Kier alpha value is -1.89. The predicted molar refractivity (Wildman–Crippen MR) is 70.0 cm³/mol. The number of rotatable bonds is 5. The summed E-state index contributed by atoms with van der Waals surface area (Å²) in [7, 11) is 0. The summed E-state index contributed by atoms with van der Waals surface area (Å²) in [4.78, 5) is 38.7. The molecular weight excluding hydrogens is 250 g/mol. The summed E-state index contributed by atoms with van der Waals surface area (Å²) < 4.78 is 0. The molecule has 7 heteroatoms. The van der Waals surface area contributed by atoms with Gasteiger partial charge in [-0.1, -0.05) is 0 Å². The molecule has 0 radical (unpaired) electrons. The maximum absolute atomic E-state index is 11.5. The van der Waals surface area contributed by atoms with Crippen LogP contribution in [0.3, 0.4) is 0 Å². The molecule has 0 aliphatic rings. The van der Waals surface area contributed by atoms with E-state index in [0.717, 1.165) is 0 Å². The monoisotopic (exact) mass is 269 g/mol. The molecule has 19 heavy (non-hydrogen) atoms. The normalized spacial score (nSPS) is 11.4. The van der Waals surface area contributed by atoms with Gasteiger partial charge < -0.3 is 15.4 Å². The average Bonchev–Trinajstić information content (AvgIpc) is 2.23. The molecule has 0 aromatic carbocycles. The summed E-state index contributed by atoms with van der Waals surface area (Å²) in [5, 5.41) is 12.0. The Morgan fingerprint density at radius 3 is 2.47 bits per heavy atom. The number of hydrogen-bond acceptors (Lipinski definition) is 4. The first-order valence-corrected chi connectivity index (χ1v) is 6.00. The number of aromatic nitrogens is 2. The van der Waals surface area contributed by atoms with Gasteiger partial charge in [-0.15, -0.1) is 0 Å². The van der Waals surface area contributed by atoms with Crippen LogP contribution in [0.5, 0.6) is 0 Å². The van der Waals surface area contributed by atoms with Crippen LogP contribution in [0.25, 0.3) is 0 Å². The van der Waals surface area contributed by atoms with E-state index in [2.05, 4.69) is 15.3 Å². The molecule has 0 saturated carbocycles. The lowest BCUT2D eigenvalue weighted by Crippen LogP contribution is -2.38. The molecule has 1 heterocycles. The molecule has 0 aliphatic heterocycles. The molecule has 0 saturated heterocycles. The second-order valence-electron chi connectivity index (χ2n) is 5.10. The van der Waals surface area contributed by atoms with E-state index in [1.165, 1.54) is 0 Å². The number of carbonyl (C=O) groups is 1. The van der Waals surface area contributed by atoms with Crippen molar-refractivity contribution in [2.45, 2.75) is 39.2 Å². The summed E-state index contributed by atoms with van der Waals surface area (Å²) in [6.07, 6.45) is 0.349. The zero-order valence-corrected chi connectivity index (χ0v) is 11.3. The quantitative estimate of drug-likeness (QED) is 0.559. The average molecular weight is 269 g/mol. The summed E-state index contributed by atoms with van der Waals surface area (Å²) >= 11 is 0. The SMILES string of the molecule is Cc1[nH]c(=O)[nH]c(=O)c1CCC(=O)NCC(C)(C)O. The number of aliphatic hydroxyl groups is 1. The van der Waals surface area contributed by atoms with E-state index in [1.54, 1.807) is 20.8 Å². The fraction of sp³-hybridized carbons (Fsp3) is 0.583. The van der Waals surface area contributed by atoms with Gasteiger partial charge in [0.2, 0.25) is 5.91 Å². The van der Waals surface area contributed by atoms with Crippen molar-refractivity contribution in [3.8, 4) is 0 Å². The molecule has 1 aromatic heterocycles. The van der Waals surface area contributed by atoms with Gasteiger partial charge in [-0.25, -0.2) is 4.79 Å². The van der Waals surface area contributed by atoms with Crippen LogP contribution in [0.15, 0.2) is 9.59 Å². The van der Waals surface area contributed by atoms with Crippen molar-refractivity contribution < 1.29 is 9.90 Å². The number of amides is 1. The smallest absolute Gasteiger partial charge is 0.325 e. The van der Waals surface area contributed by atoms with E-state index >= 15 is 0 Å². The Morgan fingerprint density at radius 1 is 1.32 bits per heavy atom. The van der Waals surface area contributed by atoms with Crippen molar-refractivity contribution >= 4 is 5.91 Å². The third kappa shape index (κ3) is 5.09. The van der Waals surface area contributed by atoms with E-state index in [4.69, 9.17) is 0 Å². The van der Waals surface area contributed by atoms with E-state index in [9.17, 15) is 19.5 Å². The Kier molecular flexibility index (Phi) is 4.66. The van der Waals surface area contributed by atoms with E-state index in [0.29, 0.717) is 11.3 Å². The largest absolute Gasteiger partial charge is 0.389 e. The highest BCUT2D eigenvalue weighted by Crippen LogP contribution is 2.01. The van der Waals surface area contributed by atoms with Crippen LogP contribution in [0.4, 0.5) is 0 Å². The van der Waals surface area contributed by atoms with Gasteiger partial charge in [0.05, 0.1) is 5.60 Å². The fourth-order valence-electron chi connectivity index (χ4n) is 1.57. The lowest BCUT2D eigenvalue weighted by molar-refractivity contribution is -0.122. The highest BCUT2D eigenvalue weighted by molar-refractivity contribution is 5.76. The molecule has 1 rings (SSSR count). The molecular formula is C12H19N3O4. The van der Waals surface area contributed by atoms with Crippen LogP contribution in [0, 0.1) is 6.92 Å². The molecule has 0 atom stereocenters. The molecule has 0 aliphatic carbocycles. The van der Waals surface area contributed by atoms with Gasteiger partial charge in [0.1, 0.15) is 0 Å². The molecule has 1 amide bonds.